The van der Waals surface area contributed by atoms with Crippen molar-refractivity contribution < 1.29 is 0 Å². The number of rotatable bonds is 33. The van der Waals surface area contributed by atoms with Crippen molar-refractivity contribution in [2.24, 2.45) is 0 Å². The molecule has 44 heavy (non-hydrogen) atoms. The first-order valence-corrected chi connectivity index (χ1v) is 20.5. The Labute approximate surface area is 279 Å². The Kier molecular flexibility index (Phi) is 31.8. The van der Waals surface area contributed by atoms with E-state index in [-0.39, 0.29) is 0 Å². The van der Waals surface area contributed by atoms with E-state index in [1.54, 1.807) is 0 Å². The molecule has 1 aliphatic rings. The number of unbranched alkanes of at least 4 members (excludes halogenated alkanes) is 24. The summed E-state index contributed by atoms with van der Waals surface area (Å²) in [5.41, 5.74) is 0. The van der Waals surface area contributed by atoms with Crippen LogP contribution in [0.4, 0.5) is 0 Å². The van der Waals surface area contributed by atoms with E-state index >= 15 is 0 Å². The van der Waals surface area contributed by atoms with E-state index in [9.17, 15) is 0 Å². The van der Waals surface area contributed by atoms with Gasteiger partial charge in [-0.3, -0.25) is 4.90 Å². The van der Waals surface area contributed by atoms with Crippen LogP contribution in [0.2, 0.25) is 0 Å². The minimum Gasteiger partial charge on any atom is -0.304 e. The van der Waals surface area contributed by atoms with Gasteiger partial charge < -0.3 is 4.90 Å². The zero-order valence-electron chi connectivity index (χ0n) is 30.8. The van der Waals surface area contributed by atoms with E-state index in [0.717, 1.165) is 6.04 Å². The van der Waals surface area contributed by atoms with Crippen molar-refractivity contribution >= 4 is 0 Å². The molecule has 1 heterocycles. The maximum atomic E-state index is 2.86. The molecule has 0 N–H and O–H groups in total. The van der Waals surface area contributed by atoms with Gasteiger partial charge in [0.05, 0.1) is 0 Å². The van der Waals surface area contributed by atoms with Gasteiger partial charge in [0, 0.05) is 32.2 Å². The second kappa shape index (κ2) is 33.8. The first-order chi connectivity index (χ1) is 21.8. The first-order valence-electron chi connectivity index (χ1n) is 20.5. The van der Waals surface area contributed by atoms with Crippen molar-refractivity contribution in [2.45, 2.75) is 213 Å². The van der Waals surface area contributed by atoms with Crippen molar-refractivity contribution in [3.63, 3.8) is 0 Å². The number of hydrogen-bond acceptors (Lipinski definition) is 2. The fraction of sp³-hybridized carbons (Fsp3) is 0.905. The van der Waals surface area contributed by atoms with Crippen LogP contribution in [-0.4, -0.2) is 49.1 Å². The summed E-state index contributed by atoms with van der Waals surface area (Å²) in [7, 11) is 2.29. The SMILES string of the molecule is CCCCCCCC/C=C\CCCCCCCCC(CCCCCCCC/C=C\CCCCCCCC)N1CCN(C)CC1. The third kappa shape index (κ3) is 27.7. The average molecular weight is 615 g/mol. The highest BCUT2D eigenvalue weighted by atomic mass is 15.3. The lowest BCUT2D eigenvalue weighted by atomic mass is 9.98. The second-order valence-electron chi connectivity index (χ2n) is 14.4. The number of piperazine rings is 1. The van der Waals surface area contributed by atoms with Gasteiger partial charge in [-0.2, -0.15) is 0 Å². The van der Waals surface area contributed by atoms with Gasteiger partial charge in [0.15, 0.2) is 0 Å². The molecule has 1 saturated heterocycles. The van der Waals surface area contributed by atoms with Crippen LogP contribution < -0.4 is 0 Å². The van der Waals surface area contributed by atoms with E-state index in [0.29, 0.717) is 0 Å². The van der Waals surface area contributed by atoms with Crippen LogP contribution in [0.5, 0.6) is 0 Å². The molecule has 0 aromatic carbocycles. The molecule has 260 valence electrons. The zero-order chi connectivity index (χ0) is 31.6. The number of nitrogens with zero attached hydrogens (tertiary/aromatic N) is 2. The lowest BCUT2D eigenvalue weighted by Crippen LogP contribution is -2.49. The number of allylic oxidation sites excluding steroid dienone is 4. The fourth-order valence-electron chi connectivity index (χ4n) is 6.95. The molecule has 0 aliphatic carbocycles. The Balaban J connectivity index is 2.03. The molecular weight excluding hydrogens is 532 g/mol. The molecule has 0 atom stereocenters. The molecule has 0 aromatic rings. The Bertz CT molecular complexity index is 561. The molecule has 1 rings (SSSR count). The van der Waals surface area contributed by atoms with Crippen LogP contribution in [0.3, 0.4) is 0 Å². The Morgan fingerprint density at radius 1 is 0.386 bits per heavy atom. The van der Waals surface area contributed by atoms with Crippen LogP contribution in [0.1, 0.15) is 206 Å². The molecule has 0 saturated carbocycles. The van der Waals surface area contributed by atoms with Gasteiger partial charge in [-0.1, -0.05) is 167 Å². The maximum Gasteiger partial charge on any atom is 0.0113 e. The quantitative estimate of drug-likeness (QED) is 0.0536. The highest BCUT2D eigenvalue weighted by Crippen LogP contribution is 2.20. The van der Waals surface area contributed by atoms with Crippen LogP contribution in [-0.2, 0) is 0 Å². The van der Waals surface area contributed by atoms with E-state index in [1.807, 2.05) is 0 Å². The molecule has 2 nitrogen and oxygen atoms in total. The first kappa shape index (κ1) is 41.4. The smallest absolute Gasteiger partial charge is 0.0113 e. The normalized spacial score (nSPS) is 15.1. The third-order valence-corrected chi connectivity index (χ3v) is 10.2. The number of hydrogen-bond donors (Lipinski definition) is 0. The lowest BCUT2D eigenvalue weighted by Gasteiger charge is -2.38. The van der Waals surface area contributed by atoms with E-state index in [1.165, 1.54) is 219 Å². The molecule has 1 fully saturated rings. The van der Waals surface area contributed by atoms with Gasteiger partial charge in [0.2, 0.25) is 0 Å². The van der Waals surface area contributed by atoms with Crippen molar-refractivity contribution in [1.82, 2.24) is 9.80 Å². The van der Waals surface area contributed by atoms with Crippen molar-refractivity contribution in [2.75, 3.05) is 33.2 Å². The largest absolute Gasteiger partial charge is 0.304 e. The Hall–Kier alpha value is -0.600. The molecule has 0 aromatic heterocycles. The van der Waals surface area contributed by atoms with Gasteiger partial charge in [0.1, 0.15) is 0 Å². The summed E-state index contributed by atoms with van der Waals surface area (Å²) < 4.78 is 0. The summed E-state index contributed by atoms with van der Waals surface area (Å²) >= 11 is 0. The summed E-state index contributed by atoms with van der Waals surface area (Å²) in [6.45, 7) is 9.71. The van der Waals surface area contributed by atoms with Gasteiger partial charge in [-0.05, 0) is 71.3 Å². The second-order valence-corrected chi connectivity index (χ2v) is 14.4. The standard InChI is InChI=1S/C42H82N2/c1-4-6-8-10-12-14-16-18-20-22-24-26-28-30-32-34-36-42(44-40-38-43(3)39-41-44)37-35-33-31-29-27-25-23-21-19-17-15-13-11-9-7-5-2/h18-21,42H,4-17,22-41H2,1-3H3/b20-18-,21-19-. The topological polar surface area (TPSA) is 6.48 Å². The predicted molar refractivity (Wildman–Crippen MR) is 201 cm³/mol. The molecule has 0 amide bonds. The molecule has 2 heteroatoms. The Morgan fingerprint density at radius 2 is 0.682 bits per heavy atom. The molecule has 1 aliphatic heterocycles. The van der Waals surface area contributed by atoms with E-state index in [4.69, 9.17) is 0 Å². The van der Waals surface area contributed by atoms with Crippen molar-refractivity contribution in [3.8, 4) is 0 Å². The maximum absolute atomic E-state index is 2.86. The summed E-state index contributed by atoms with van der Waals surface area (Å²) in [4.78, 5) is 5.37. The van der Waals surface area contributed by atoms with E-state index in [2.05, 4.69) is 55.0 Å². The highest BCUT2D eigenvalue weighted by Gasteiger charge is 2.21. The van der Waals surface area contributed by atoms with Gasteiger partial charge >= 0.3 is 0 Å². The predicted octanol–water partition coefficient (Wildman–Crippen LogP) is 13.5. The highest BCUT2D eigenvalue weighted by molar-refractivity contribution is 4.82. The molecule has 0 bridgehead atoms. The minimum absolute atomic E-state index is 0.845. The van der Waals surface area contributed by atoms with Crippen molar-refractivity contribution in [1.29, 1.82) is 0 Å². The summed E-state index contributed by atoms with van der Waals surface area (Å²) in [5.74, 6) is 0. The summed E-state index contributed by atoms with van der Waals surface area (Å²) in [6.07, 6.45) is 52.1. The van der Waals surface area contributed by atoms with Crippen LogP contribution in [0, 0.1) is 0 Å². The van der Waals surface area contributed by atoms with E-state index < -0.39 is 0 Å². The van der Waals surface area contributed by atoms with Gasteiger partial charge in [0.25, 0.3) is 0 Å². The fourth-order valence-corrected chi connectivity index (χ4v) is 6.95. The zero-order valence-corrected chi connectivity index (χ0v) is 30.8. The minimum atomic E-state index is 0.845. The third-order valence-electron chi connectivity index (χ3n) is 10.2. The lowest BCUT2D eigenvalue weighted by molar-refractivity contribution is 0.0989. The Morgan fingerprint density at radius 3 is 1.02 bits per heavy atom. The van der Waals surface area contributed by atoms with Crippen LogP contribution in [0.25, 0.3) is 0 Å². The molecule has 0 spiro atoms. The summed E-state index contributed by atoms with van der Waals surface area (Å²) in [6, 6.07) is 0.845. The monoisotopic (exact) mass is 615 g/mol. The van der Waals surface area contributed by atoms with Crippen LogP contribution >= 0.6 is 0 Å². The summed E-state index contributed by atoms with van der Waals surface area (Å²) in [5, 5.41) is 0. The molecular formula is C42H82N2. The average Bonchev–Trinajstić information content (AvgIpc) is 3.03. The van der Waals surface area contributed by atoms with Crippen LogP contribution in [0.15, 0.2) is 24.3 Å². The number of likely N-dealkylation sites (N-methyl/N-ethyl adjacent to an activating group) is 1. The molecule has 0 radical (unpaired) electrons. The molecule has 0 unspecified atom stereocenters. The van der Waals surface area contributed by atoms with Gasteiger partial charge in [-0.25, -0.2) is 0 Å². The van der Waals surface area contributed by atoms with Gasteiger partial charge in [-0.15, -0.1) is 0 Å². The van der Waals surface area contributed by atoms with Crippen molar-refractivity contribution in [3.05, 3.63) is 24.3 Å².